The first-order valence-corrected chi connectivity index (χ1v) is 3.80. The third-order valence-electron chi connectivity index (χ3n) is 1.81. The zero-order valence-electron chi connectivity index (χ0n) is 6.93. The van der Waals surface area contributed by atoms with Gasteiger partial charge in [-0.3, -0.25) is 10.1 Å². The Labute approximate surface area is 77.4 Å². The van der Waals surface area contributed by atoms with E-state index in [1.54, 1.807) is 0 Å². The minimum absolute atomic E-state index is 0.0562. The number of H-pyrrole nitrogens is 1. The van der Waals surface area contributed by atoms with Gasteiger partial charge in [-0.15, -0.1) is 0 Å². The van der Waals surface area contributed by atoms with E-state index in [1.807, 2.05) is 0 Å². The summed E-state index contributed by atoms with van der Waals surface area (Å²) in [6.45, 7) is 0. The highest BCUT2D eigenvalue weighted by Gasteiger charge is 2.05. The molecule has 6 nitrogen and oxygen atoms in total. The van der Waals surface area contributed by atoms with E-state index in [2.05, 4.69) is 9.97 Å². The van der Waals surface area contributed by atoms with Crippen molar-refractivity contribution in [1.29, 1.82) is 0 Å². The fourth-order valence-electron chi connectivity index (χ4n) is 1.15. The van der Waals surface area contributed by atoms with Crippen molar-refractivity contribution in [3.05, 3.63) is 45.0 Å². The predicted octanol–water partition coefficient (Wildman–Crippen LogP) is 0.831. The van der Waals surface area contributed by atoms with Gasteiger partial charge in [-0.1, -0.05) is 0 Å². The summed E-state index contributed by atoms with van der Waals surface area (Å²) in [4.78, 5) is 26.7. The summed E-state index contributed by atoms with van der Waals surface area (Å²) in [7, 11) is 0. The number of aromatic nitrogens is 2. The normalized spacial score (nSPS) is 10.3. The first-order chi connectivity index (χ1) is 6.66. The lowest BCUT2D eigenvalue weighted by atomic mass is 10.2. The zero-order valence-corrected chi connectivity index (χ0v) is 6.93. The number of nitrogens with zero attached hydrogens (tertiary/aromatic N) is 2. The van der Waals surface area contributed by atoms with Crippen molar-refractivity contribution in [1.82, 2.24) is 9.97 Å². The topological polar surface area (TPSA) is 88.9 Å². The molecule has 1 N–H and O–H groups in total. The largest absolute Gasteiger partial charge is 0.345 e. The SMILES string of the molecule is O=c1ncc2ccc([N+](=O)[O-])cc2[nH]1. The van der Waals surface area contributed by atoms with Gasteiger partial charge in [0, 0.05) is 23.7 Å². The highest BCUT2D eigenvalue weighted by molar-refractivity contribution is 5.79. The summed E-state index contributed by atoms with van der Waals surface area (Å²) < 4.78 is 0. The maximum atomic E-state index is 10.8. The van der Waals surface area contributed by atoms with Crippen molar-refractivity contribution in [2.24, 2.45) is 0 Å². The van der Waals surface area contributed by atoms with Crippen LogP contribution in [0.4, 0.5) is 5.69 Å². The van der Waals surface area contributed by atoms with Crippen LogP contribution in [0, 0.1) is 10.1 Å². The molecule has 0 radical (unpaired) electrons. The molecule has 0 saturated heterocycles. The summed E-state index contributed by atoms with van der Waals surface area (Å²) in [6.07, 6.45) is 1.37. The van der Waals surface area contributed by atoms with E-state index >= 15 is 0 Å². The average Bonchev–Trinajstić information content (AvgIpc) is 2.16. The van der Waals surface area contributed by atoms with E-state index in [0.717, 1.165) is 0 Å². The summed E-state index contributed by atoms with van der Waals surface area (Å²) >= 11 is 0. The molecule has 0 bridgehead atoms. The second kappa shape index (κ2) is 2.91. The van der Waals surface area contributed by atoms with Crippen LogP contribution in [0.3, 0.4) is 0 Å². The Morgan fingerprint density at radius 2 is 2.21 bits per heavy atom. The van der Waals surface area contributed by atoms with Gasteiger partial charge in [0.15, 0.2) is 0 Å². The Balaban J connectivity index is 2.75. The number of aromatic amines is 1. The van der Waals surface area contributed by atoms with E-state index in [9.17, 15) is 14.9 Å². The van der Waals surface area contributed by atoms with Gasteiger partial charge in [-0.05, 0) is 6.07 Å². The molecule has 1 heterocycles. The van der Waals surface area contributed by atoms with Gasteiger partial charge in [0.25, 0.3) is 5.69 Å². The molecular weight excluding hydrogens is 186 g/mol. The molecule has 70 valence electrons. The molecule has 6 heteroatoms. The summed E-state index contributed by atoms with van der Waals surface area (Å²) in [5, 5.41) is 11.1. The number of nitro groups is 1. The Morgan fingerprint density at radius 1 is 1.43 bits per heavy atom. The fraction of sp³-hybridized carbons (Fsp3) is 0. The monoisotopic (exact) mass is 191 g/mol. The summed E-state index contributed by atoms with van der Waals surface area (Å²) in [6, 6.07) is 4.21. The minimum atomic E-state index is -0.516. The molecule has 1 aromatic heterocycles. The molecule has 1 aromatic carbocycles. The van der Waals surface area contributed by atoms with Gasteiger partial charge in [0.1, 0.15) is 0 Å². The molecule has 2 rings (SSSR count). The number of benzene rings is 1. The first kappa shape index (κ1) is 8.36. The second-order valence-corrected chi connectivity index (χ2v) is 2.72. The van der Waals surface area contributed by atoms with Gasteiger partial charge in [-0.2, -0.15) is 0 Å². The highest BCUT2D eigenvalue weighted by atomic mass is 16.6. The van der Waals surface area contributed by atoms with Gasteiger partial charge < -0.3 is 4.98 Å². The van der Waals surface area contributed by atoms with Crippen LogP contribution in [-0.2, 0) is 0 Å². The number of nitrogens with one attached hydrogen (secondary N) is 1. The quantitative estimate of drug-likeness (QED) is 0.534. The van der Waals surface area contributed by atoms with Crippen molar-refractivity contribution in [3.8, 4) is 0 Å². The molecule has 0 unspecified atom stereocenters. The van der Waals surface area contributed by atoms with Crippen LogP contribution < -0.4 is 5.69 Å². The molecule has 0 aliphatic carbocycles. The minimum Gasteiger partial charge on any atom is -0.305 e. The van der Waals surface area contributed by atoms with Gasteiger partial charge in [-0.25, -0.2) is 9.78 Å². The van der Waals surface area contributed by atoms with Crippen LogP contribution >= 0.6 is 0 Å². The van der Waals surface area contributed by atoms with E-state index in [4.69, 9.17) is 0 Å². The Bertz CT molecular complexity index is 561. The predicted molar refractivity (Wildman–Crippen MR) is 49.0 cm³/mol. The highest BCUT2D eigenvalue weighted by Crippen LogP contribution is 2.16. The van der Waals surface area contributed by atoms with Gasteiger partial charge in [0.05, 0.1) is 10.4 Å². The lowest BCUT2D eigenvalue weighted by Gasteiger charge is -1.95. The molecule has 0 aliphatic rings. The Hall–Kier alpha value is -2.24. The fourth-order valence-corrected chi connectivity index (χ4v) is 1.15. The van der Waals surface area contributed by atoms with Crippen molar-refractivity contribution in [3.63, 3.8) is 0 Å². The van der Waals surface area contributed by atoms with E-state index in [-0.39, 0.29) is 5.69 Å². The lowest BCUT2D eigenvalue weighted by molar-refractivity contribution is -0.384. The molecule has 0 aliphatic heterocycles. The number of fused-ring (bicyclic) bond motifs is 1. The van der Waals surface area contributed by atoms with E-state index in [1.165, 1.54) is 24.4 Å². The number of rotatable bonds is 1. The molecule has 14 heavy (non-hydrogen) atoms. The molecule has 0 saturated carbocycles. The van der Waals surface area contributed by atoms with E-state index < -0.39 is 10.6 Å². The Kier molecular flexibility index (Phi) is 1.74. The third kappa shape index (κ3) is 1.33. The molecule has 2 aromatic rings. The van der Waals surface area contributed by atoms with Crippen molar-refractivity contribution in [2.75, 3.05) is 0 Å². The third-order valence-corrected chi connectivity index (χ3v) is 1.81. The van der Waals surface area contributed by atoms with Crippen LogP contribution in [0.5, 0.6) is 0 Å². The van der Waals surface area contributed by atoms with Crippen LogP contribution in [0.2, 0.25) is 0 Å². The smallest absolute Gasteiger partial charge is 0.305 e. The summed E-state index contributed by atoms with van der Waals surface area (Å²) in [5.41, 5.74) is -0.156. The van der Waals surface area contributed by atoms with Crippen LogP contribution in [0.1, 0.15) is 0 Å². The van der Waals surface area contributed by atoms with Crippen LogP contribution in [0.25, 0.3) is 10.9 Å². The maximum absolute atomic E-state index is 10.8. The second-order valence-electron chi connectivity index (χ2n) is 2.72. The molecule has 0 fully saturated rings. The standard InChI is InChI=1S/C8H5N3O3/c12-8-9-4-5-1-2-6(11(13)14)3-7(5)10-8/h1-4H,(H,9,10,12). The molecule has 0 amide bonds. The van der Waals surface area contributed by atoms with Gasteiger partial charge in [0.2, 0.25) is 0 Å². The first-order valence-electron chi connectivity index (χ1n) is 3.80. The summed E-state index contributed by atoms with van der Waals surface area (Å²) in [5.74, 6) is 0. The maximum Gasteiger partial charge on any atom is 0.345 e. The molecular formula is C8H5N3O3. The van der Waals surface area contributed by atoms with Crippen molar-refractivity contribution in [2.45, 2.75) is 0 Å². The van der Waals surface area contributed by atoms with Crippen LogP contribution in [0.15, 0.2) is 29.2 Å². The number of hydrogen-bond acceptors (Lipinski definition) is 4. The van der Waals surface area contributed by atoms with Gasteiger partial charge >= 0.3 is 5.69 Å². The number of non-ortho nitro benzene ring substituents is 1. The average molecular weight is 191 g/mol. The lowest BCUT2D eigenvalue weighted by Crippen LogP contribution is -2.08. The van der Waals surface area contributed by atoms with E-state index in [0.29, 0.717) is 10.9 Å². The van der Waals surface area contributed by atoms with Crippen LogP contribution in [-0.4, -0.2) is 14.9 Å². The van der Waals surface area contributed by atoms with Crippen molar-refractivity contribution >= 4 is 16.6 Å². The molecule has 0 spiro atoms. The zero-order chi connectivity index (χ0) is 10.1. The number of nitro benzene ring substituents is 1. The Morgan fingerprint density at radius 3 is 2.93 bits per heavy atom. The number of hydrogen-bond donors (Lipinski definition) is 1. The van der Waals surface area contributed by atoms with Crippen molar-refractivity contribution < 1.29 is 4.92 Å². The molecule has 0 atom stereocenters.